The molecular weight excluding hydrogens is 394 g/mol. The van der Waals surface area contributed by atoms with E-state index in [2.05, 4.69) is 10.6 Å². The van der Waals surface area contributed by atoms with E-state index in [0.717, 1.165) is 37.8 Å². The molecule has 0 radical (unpaired) electrons. The SMILES string of the molecule is COc1ccc(C(=O)NCc2cccc(C(=O)N[C@H]3CC[C@H](CN)CC3)c2)cc1OC. The fourth-order valence-corrected chi connectivity index (χ4v) is 3.90. The van der Waals surface area contributed by atoms with Crippen molar-refractivity contribution in [2.75, 3.05) is 20.8 Å². The van der Waals surface area contributed by atoms with E-state index in [1.54, 1.807) is 31.4 Å². The van der Waals surface area contributed by atoms with E-state index in [1.807, 2.05) is 18.2 Å². The Balaban J connectivity index is 1.56. The maximum atomic E-state index is 12.7. The Kier molecular flexibility index (Phi) is 7.89. The van der Waals surface area contributed by atoms with Crippen LogP contribution in [-0.4, -0.2) is 38.6 Å². The zero-order chi connectivity index (χ0) is 22.2. The van der Waals surface area contributed by atoms with Crippen molar-refractivity contribution < 1.29 is 19.1 Å². The van der Waals surface area contributed by atoms with Gasteiger partial charge in [-0.3, -0.25) is 9.59 Å². The van der Waals surface area contributed by atoms with Crippen molar-refractivity contribution in [1.29, 1.82) is 0 Å². The Hall–Kier alpha value is -3.06. The molecule has 7 nitrogen and oxygen atoms in total. The third-order valence-corrected chi connectivity index (χ3v) is 5.80. The number of nitrogens with two attached hydrogens (primary N) is 1. The van der Waals surface area contributed by atoms with Crippen LogP contribution in [0.5, 0.6) is 11.5 Å². The van der Waals surface area contributed by atoms with E-state index >= 15 is 0 Å². The molecular formula is C24H31N3O4. The first-order valence-electron chi connectivity index (χ1n) is 10.6. The van der Waals surface area contributed by atoms with Gasteiger partial charge in [0.2, 0.25) is 0 Å². The highest BCUT2D eigenvalue weighted by atomic mass is 16.5. The molecule has 0 bridgehead atoms. The summed E-state index contributed by atoms with van der Waals surface area (Å²) in [5.41, 5.74) is 7.67. The molecule has 0 aromatic heterocycles. The van der Waals surface area contributed by atoms with Crippen LogP contribution in [0.25, 0.3) is 0 Å². The standard InChI is InChI=1S/C24H31N3O4/c1-30-21-11-8-19(13-22(21)31-2)23(28)26-15-17-4-3-5-18(12-17)24(29)27-20-9-6-16(14-25)7-10-20/h3-5,8,11-13,16,20H,6-7,9-10,14-15,25H2,1-2H3,(H,26,28)(H,27,29)/t16-,20-. The molecule has 2 aromatic carbocycles. The third-order valence-electron chi connectivity index (χ3n) is 5.80. The quantitative estimate of drug-likeness (QED) is 0.604. The molecule has 2 aromatic rings. The molecule has 1 aliphatic carbocycles. The molecule has 4 N–H and O–H groups in total. The van der Waals surface area contributed by atoms with Gasteiger partial charge >= 0.3 is 0 Å². The van der Waals surface area contributed by atoms with Gasteiger partial charge in [-0.05, 0) is 74.0 Å². The van der Waals surface area contributed by atoms with Crippen molar-refractivity contribution in [2.45, 2.75) is 38.3 Å². The lowest BCUT2D eigenvalue weighted by Crippen LogP contribution is -2.38. The first-order valence-corrected chi connectivity index (χ1v) is 10.6. The number of carbonyl (C=O) groups excluding carboxylic acids is 2. The van der Waals surface area contributed by atoms with Gasteiger partial charge < -0.3 is 25.8 Å². The average molecular weight is 426 g/mol. The highest BCUT2D eigenvalue weighted by molar-refractivity contribution is 5.95. The molecule has 0 spiro atoms. The van der Waals surface area contributed by atoms with E-state index in [-0.39, 0.29) is 17.9 Å². The van der Waals surface area contributed by atoms with E-state index in [1.165, 1.54) is 7.11 Å². The summed E-state index contributed by atoms with van der Waals surface area (Å²) in [5, 5.41) is 6.01. The van der Waals surface area contributed by atoms with Crippen LogP contribution in [0.1, 0.15) is 52.0 Å². The van der Waals surface area contributed by atoms with Gasteiger partial charge in [0.05, 0.1) is 14.2 Å². The van der Waals surface area contributed by atoms with E-state index in [9.17, 15) is 9.59 Å². The van der Waals surface area contributed by atoms with Gasteiger partial charge in [-0.2, -0.15) is 0 Å². The highest BCUT2D eigenvalue weighted by Gasteiger charge is 2.22. The Morgan fingerprint density at radius 3 is 2.32 bits per heavy atom. The highest BCUT2D eigenvalue weighted by Crippen LogP contribution is 2.27. The minimum Gasteiger partial charge on any atom is -0.493 e. The zero-order valence-corrected chi connectivity index (χ0v) is 18.1. The minimum absolute atomic E-state index is 0.0794. The number of hydrogen-bond donors (Lipinski definition) is 3. The second-order valence-electron chi connectivity index (χ2n) is 7.88. The largest absolute Gasteiger partial charge is 0.493 e. The number of ether oxygens (including phenoxy) is 2. The van der Waals surface area contributed by atoms with Crippen LogP contribution < -0.4 is 25.8 Å². The predicted molar refractivity (Wildman–Crippen MR) is 119 cm³/mol. The molecule has 1 fully saturated rings. The van der Waals surface area contributed by atoms with Crippen molar-refractivity contribution in [3.63, 3.8) is 0 Å². The average Bonchev–Trinajstić information content (AvgIpc) is 2.82. The van der Waals surface area contributed by atoms with Crippen LogP contribution in [0, 0.1) is 5.92 Å². The minimum atomic E-state index is -0.229. The second-order valence-corrected chi connectivity index (χ2v) is 7.88. The molecule has 31 heavy (non-hydrogen) atoms. The summed E-state index contributed by atoms with van der Waals surface area (Å²) in [6.45, 7) is 1.04. The van der Waals surface area contributed by atoms with E-state index in [0.29, 0.717) is 35.1 Å². The van der Waals surface area contributed by atoms with Gasteiger partial charge in [-0.1, -0.05) is 12.1 Å². The smallest absolute Gasteiger partial charge is 0.251 e. The molecule has 1 saturated carbocycles. The molecule has 0 aliphatic heterocycles. The summed E-state index contributed by atoms with van der Waals surface area (Å²) in [4.78, 5) is 25.2. The second kappa shape index (κ2) is 10.8. The normalized spacial score (nSPS) is 18.2. The van der Waals surface area contributed by atoms with Crippen molar-refractivity contribution in [2.24, 2.45) is 11.7 Å². The molecule has 1 aliphatic rings. The molecule has 0 heterocycles. The van der Waals surface area contributed by atoms with Crippen molar-refractivity contribution in [1.82, 2.24) is 10.6 Å². The maximum Gasteiger partial charge on any atom is 0.251 e. The molecule has 3 rings (SSSR count). The van der Waals surface area contributed by atoms with Crippen LogP contribution in [0.4, 0.5) is 0 Å². The predicted octanol–water partition coefficient (Wildman–Crippen LogP) is 2.88. The lowest BCUT2D eigenvalue weighted by Gasteiger charge is -2.28. The zero-order valence-electron chi connectivity index (χ0n) is 18.1. The topological polar surface area (TPSA) is 103 Å². The molecule has 7 heteroatoms. The van der Waals surface area contributed by atoms with Gasteiger partial charge in [0.25, 0.3) is 11.8 Å². The fraction of sp³-hybridized carbons (Fsp3) is 0.417. The number of carbonyl (C=O) groups is 2. The van der Waals surface area contributed by atoms with Crippen LogP contribution in [0.3, 0.4) is 0 Å². The molecule has 2 amide bonds. The maximum absolute atomic E-state index is 12.7. The van der Waals surface area contributed by atoms with Crippen LogP contribution in [-0.2, 0) is 6.54 Å². The number of nitrogens with one attached hydrogen (secondary N) is 2. The van der Waals surface area contributed by atoms with Crippen molar-refractivity contribution in [3.05, 3.63) is 59.2 Å². The van der Waals surface area contributed by atoms with Crippen LogP contribution in [0.2, 0.25) is 0 Å². The molecule has 0 saturated heterocycles. The summed E-state index contributed by atoms with van der Waals surface area (Å²) in [6.07, 6.45) is 4.05. The summed E-state index contributed by atoms with van der Waals surface area (Å²) in [5.74, 6) is 1.33. The van der Waals surface area contributed by atoms with Crippen molar-refractivity contribution >= 4 is 11.8 Å². The number of methoxy groups -OCH3 is 2. The summed E-state index contributed by atoms with van der Waals surface area (Å²) < 4.78 is 10.5. The lowest BCUT2D eigenvalue weighted by atomic mass is 9.86. The molecule has 0 atom stereocenters. The van der Waals surface area contributed by atoms with Gasteiger partial charge in [0.1, 0.15) is 0 Å². The first kappa shape index (κ1) is 22.6. The molecule has 166 valence electrons. The Labute approximate surface area is 183 Å². The fourth-order valence-electron chi connectivity index (χ4n) is 3.90. The number of hydrogen-bond acceptors (Lipinski definition) is 5. The Morgan fingerprint density at radius 1 is 0.935 bits per heavy atom. The molecule has 0 unspecified atom stereocenters. The number of amides is 2. The van der Waals surface area contributed by atoms with Gasteiger partial charge in [-0.15, -0.1) is 0 Å². The van der Waals surface area contributed by atoms with Crippen LogP contribution in [0.15, 0.2) is 42.5 Å². The first-order chi connectivity index (χ1) is 15.0. The van der Waals surface area contributed by atoms with Gasteiger partial charge in [0.15, 0.2) is 11.5 Å². The van der Waals surface area contributed by atoms with Gasteiger partial charge in [-0.25, -0.2) is 0 Å². The Bertz CT molecular complexity index is 907. The Morgan fingerprint density at radius 2 is 1.65 bits per heavy atom. The lowest BCUT2D eigenvalue weighted by molar-refractivity contribution is 0.0921. The number of rotatable bonds is 8. The third kappa shape index (κ3) is 5.98. The van der Waals surface area contributed by atoms with Crippen LogP contribution >= 0.6 is 0 Å². The summed E-state index contributed by atoms with van der Waals surface area (Å²) in [7, 11) is 3.08. The van der Waals surface area contributed by atoms with E-state index in [4.69, 9.17) is 15.2 Å². The number of benzene rings is 2. The monoisotopic (exact) mass is 425 g/mol. The summed E-state index contributed by atoms with van der Waals surface area (Å²) in [6, 6.07) is 12.5. The van der Waals surface area contributed by atoms with E-state index < -0.39 is 0 Å². The van der Waals surface area contributed by atoms with Gasteiger partial charge in [0, 0.05) is 23.7 Å². The van der Waals surface area contributed by atoms with Crippen molar-refractivity contribution in [3.8, 4) is 11.5 Å². The summed E-state index contributed by atoms with van der Waals surface area (Å²) >= 11 is 0.